The van der Waals surface area contributed by atoms with E-state index in [-0.39, 0.29) is 11.5 Å². The Balaban J connectivity index is 1.45. The average Bonchev–Trinajstić information content (AvgIpc) is 3.45. The first kappa shape index (κ1) is 22.4. The Labute approximate surface area is 211 Å². The number of para-hydroxylation sites is 1. The third-order valence-electron chi connectivity index (χ3n) is 6.60. The molecule has 0 saturated heterocycles. The Morgan fingerprint density at radius 1 is 0.861 bits per heavy atom. The third-order valence-corrected chi connectivity index (χ3v) is 6.60. The SMILES string of the molecule is C[C@@H]1COC(c2cccc(Oc3ccc4c5ccccc5n(-c5cc(C(C)(C)C)ccn5)c4c3)c2)=N1. The smallest absolute Gasteiger partial charge is 0.216 e. The molecule has 180 valence electrons. The summed E-state index contributed by atoms with van der Waals surface area (Å²) >= 11 is 0. The van der Waals surface area contributed by atoms with E-state index in [4.69, 9.17) is 14.5 Å². The second kappa shape index (κ2) is 8.52. The summed E-state index contributed by atoms with van der Waals surface area (Å²) in [6.45, 7) is 9.34. The topological polar surface area (TPSA) is 48.6 Å². The molecule has 0 amide bonds. The number of aromatic nitrogens is 2. The number of rotatable bonds is 4. The molecule has 36 heavy (non-hydrogen) atoms. The van der Waals surface area contributed by atoms with Gasteiger partial charge in [0.05, 0.1) is 17.1 Å². The van der Waals surface area contributed by atoms with Crippen molar-refractivity contribution in [3.63, 3.8) is 0 Å². The minimum Gasteiger partial charge on any atom is -0.475 e. The maximum Gasteiger partial charge on any atom is 0.216 e. The zero-order valence-corrected chi connectivity index (χ0v) is 21.0. The van der Waals surface area contributed by atoms with Gasteiger partial charge in [-0.05, 0) is 66.4 Å². The van der Waals surface area contributed by atoms with E-state index in [1.165, 1.54) is 10.9 Å². The van der Waals surface area contributed by atoms with E-state index >= 15 is 0 Å². The van der Waals surface area contributed by atoms with Crippen LogP contribution in [0.3, 0.4) is 0 Å². The van der Waals surface area contributed by atoms with Crippen LogP contribution in [0.5, 0.6) is 11.5 Å². The summed E-state index contributed by atoms with van der Waals surface area (Å²) in [5.74, 6) is 3.08. The van der Waals surface area contributed by atoms with E-state index in [1.54, 1.807) is 0 Å². The van der Waals surface area contributed by atoms with Crippen LogP contribution in [0.1, 0.15) is 38.8 Å². The number of hydrogen-bond donors (Lipinski definition) is 0. The number of ether oxygens (including phenoxy) is 2. The lowest BCUT2D eigenvalue weighted by molar-refractivity contribution is 0.324. The van der Waals surface area contributed by atoms with Crippen molar-refractivity contribution in [1.82, 2.24) is 9.55 Å². The van der Waals surface area contributed by atoms with Crippen LogP contribution < -0.4 is 4.74 Å². The molecule has 0 fully saturated rings. The highest BCUT2D eigenvalue weighted by Gasteiger charge is 2.19. The Hall–Kier alpha value is -4.12. The van der Waals surface area contributed by atoms with Gasteiger partial charge in [0.2, 0.25) is 5.90 Å². The molecule has 0 bridgehead atoms. The van der Waals surface area contributed by atoms with Crippen LogP contribution in [0, 0.1) is 0 Å². The van der Waals surface area contributed by atoms with Gasteiger partial charge in [0, 0.05) is 28.6 Å². The summed E-state index contributed by atoms with van der Waals surface area (Å²) in [6, 6.07) is 27.1. The number of benzene rings is 3. The third kappa shape index (κ3) is 4.01. The highest BCUT2D eigenvalue weighted by Crippen LogP contribution is 2.35. The molecule has 0 unspecified atom stereocenters. The normalized spacial score (nSPS) is 15.8. The molecule has 3 heterocycles. The van der Waals surface area contributed by atoms with Crippen molar-refractivity contribution in [2.75, 3.05) is 6.61 Å². The molecule has 1 aliphatic heterocycles. The molecule has 3 aromatic carbocycles. The van der Waals surface area contributed by atoms with E-state index in [1.807, 2.05) is 43.5 Å². The molecular weight excluding hydrogens is 446 g/mol. The van der Waals surface area contributed by atoms with Gasteiger partial charge in [-0.25, -0.2) is 9.98 Å². The molecular formula is C31H29N3O2. The molecule has 5 heteroatoms. The predicted molar refractivity (Wildman–Crippen MR) is 146 cm³/mol. The monoisotopic (exact) mass is 475 g/mol. The van der Waals surface area contributed by atoms with Gasteiger partial charge in [-0.15, -0.1) is 0 Å². The van der Waals surface area contributed by atoms with Crippen LogP contribution >= 0.6 is 0 Å². The molecule has 6 rings (SSSR count). The summed E-state index contributed by atoms with van der Waals surface area (Å²) in [5, 5.41) is 2.35. The van der Waals surface area contributed by atoms with Crippen LogP contribution in [0.25, 0.3) is 27.6 Å². The fourth-order valence-corrected chi connectivity index (χ4v) is 4.73. The lowest BCUT2D eigenvalue weighted by Crippen LogP contribution is -2.12. The highest BCUT2D eigenvalue weighted by molar-refractivity contribution is 6.09. The van der Waals surface area contributed by atoms with Crippen molar-refractivity contribution in [1.29, 1.82) is 0 Å². The largest absolute Gasteiger partial charge is 0.475 e. The van der Waals surface area contributed by atoms with Crippen molar-refractivity contribution in [2.45, 2.75) is 39.2 Å². The average molecular weight is 476 g/mol. The molecule has 0 saturated carbocycles. The number of pyridine rings is 1. The Morgan fingerprint density at radius 2 is 1.67 bits per heavy atom. The number of fused-ring (bicyclic) bond motifs is 3. The Bertz CT molecular complexity index is 1620. The first-order valence-electron chi connectivity index (χ1n) is 12.4. The van der Waals surface area contributed by atoms with Gasteiger partial charge in [0.15, 0.2) is 0 Å². The van der Waals surface area contributed by atoms with E-state index in [2.05, 4.69) is 78.9 Å². The van der Waals surface area contributed by atoms with Gasteiger partial charge < -0.3 is 9.47 Å². The van der Waals surface area contributed by atoms with Crippen molar-refractivity contribution < 1.29 is 9.47 Å². The maximum atomic E-state index is 6.33. The molecule has 0 radical (unpaired) electrons. The first-order chi connectivity index (χ1) is 17.4. The fourth-order valence-electron chi connectivity index (χ4n) is 4.73. The van der Waals surface area contributed by atoms with Gasteiger partial charge >= 0.3 is 0 Å². The van der Waals surface area contributed by atoms with Crippen LogP contribution in [-0.4, -0.2) is 28.1 Å². The Kier molecular flexibility index (Phi) is 5.29. The molecule has 0 spiro atoms. The van der Waals surface area contributed by atoms with E-state index < -0.39 is 0 Å². The van der Waals surface area contributed by atoms with Gasteiger partial charge in [-0.1, -0.05) is 45.0 Å². The van der Waals surface area contributed by atoms with Gasteiger partial charge in [-0.3, -0.25) is 4.57 Å². The second-order valence-corrected chi connectivity index (χ2v) is 10.4. The summed E-state index contributed by atoms with van der Waals surface area (Å²) in [5.41, 5.74) is 4.38. The lowest BCUT2D eigenvalue weighted by atomic mass is 9.88. The van der Waals surface area contributed by atoms with Crippen LogP contribution in [0.2, 0.25) is 0 Å². The summed E-state index contributed by atoms with van der Waals surface area (Å²) in [7, 11) is 0. The van der Waals surface area contributed by atoms with E-state index in [0.29, 0.717) is 12.5 Å². The Morgan fingerprint density at radius 3 is 2.47 bits per heavy atom. The van der Waals surface area contributed by atoms with Crippen molar-refractivity contribution in [3.05, 3.63) is 96.2 Å². The van der Waals surface area contributed by atoms with Crippen molar-refractivity contribution in [3.8, 4) is 17.3 Å². The fraction of sp³-hybridized carbons (Fsp3) is 0.226. The summed E-state index contributed by atoms with van der Waals surface area (Å²) in [6.07, 6.45) is 1.90. The lowest BCUT2D eigenvalue weighted by Gasteiger charge is -2.20. The molecule has 1 atom stereocenters. The molecule has 0 aliphatic carbocycles. The molecule has 2 aromatic heterocycles. The minimum atomic E-state index is 0.0286. The zero-order chi connectivity index (χ0) is 24.9. The van der Waals surface area contributed by atoms with Crippen LogP contribution in [0.4, 0.5) is 0 Å². The second-order valence-electron chi connectivity index (χ2n) is 10.4. The minimum absolute atomic E-state index is 0.0286. The van der Waals surface area contributed by atoms with Crippen molar-refractivity contribution in [2.24, 2.45) is 4.99 Å². The van der Waals surface area contributed by atoms with E-state index in [9.17, 15) is 0 Å². The number of nitrogens with zero attached hydrogens (tertiary/aromatic N) is 3. The molecule has 5 nitrogen and oxygen atoms in total. The summed E-state index contributed by atoms with van der Waals surface area (Å²) in [4.78, 5) is 9.34. The van der Waals surface area contributed by atoms with Crippen LogP contribution in [-0.2, 0) is 10.2 Å². The van der Waals surface area contributed by atoms with Crippen LogP contribution in [0.15, 0.2) is 90.1 Å². The van der Waals surface area contributed by atoms with Gasteiger partial charge in [0.1, 0.15) is 23.9 Å². The van der Waals surface area contributed by atoms with Gasteiger partial charge in [0.25, 0.3) is 0 Å². The number of aliphatic imine (C=N–C) groups is 1. The first-order valence-corrected chi connectivity index (χ1v) is 12.4. The molecule has 1 aliphatic rings. The quantitative estimate of drug-likeness (QED) is 0.271. The standard InChI is InChI=1S/C31H29N3O2/c1-20-19-35-30(33-20)21-8-7-9-23(16-21)36-24-12-13-26-25-10-5-6-11-27(25)34(28(26)18-24)29-17-22(14-15-32-29)31(2,3)4/h5-18,20H,19H2,1-4H3/t20-/m1/s1. The summed E-state index contributed by atoms with van der Waals surface area (Å²) < 4.78 is 14.3. The highest BCUT2D eigenvalue weighted by atomic mass is 16.5. The molecule has 5 aromatic rings. The zero-order valence-electron chi connectivity index (χ0n) is 21.0. The number of hydrogen-bond acceptors (Lipinski definition) is 4. The predicted octanol–water partition coefficient (Wildman–Crippen LogP) is 7.43. The van der Waals surface area contributed by atoms with E-state index in [0.717, 1.165) is 39.3 Å². The van der Waals surface area contributed by atoms with Gasteiger partial charge in [-0.2, -0.15) is 0 Å². The van der Waals surface area contributed by atoms with Crippen molar-refractivity contribution >= 4 is 27.7 Å². The molecule has 0 N–H and O–H groups in total. The maximum absolute atomic E-state index is 6.33.